The summed E-state index contributed by atoms with van der Waals surface area (Å²) in [5.41, 5.74) is 2.02. The van der Waals surface area contributed by atoms with Crippen LogP contribution >= 0.6 is 0 Å². The summed E-state index contributed by atoms with van der Waals surface area (Å²) in [7, 11) is 3.46. The summed E-state index contributed by atoms with van der Waals surface area (Å²) in [6.45, 7) is 2.27. The predicted molar refractivity (Wildman–Crippen MR) is 160 cm³/mol. The third-order valence-electron chi connectivity index (χ3n) is 7.82. The van der Waals surface area contributed by atoms with Gasteiger partial charge < -0.3 is 4.74 Å². The second kappa shape index (κ2) is 19.4. The number of hydrogen-bond donors (Lipinski definition) is 0. The molecule has 0 aliphatic carbocycles. The van der Waals surface area contributed by atoms with Crippen LogP contribution in [0.25, 0.3) is 0 Å². The van der Waals surface area contributed by atoms with Crippen molar-refractivity contribution in [3.63, 3.8) is 0 Å². The molecule has 0 bridgehead atoms. The molecule has 2 unspecified atom stereocenters. The van der Waals surface area contributed by atoms with Gasteiger partial charge >= 0.3 is 0 Å². The molecule has 0 spiro atoms. The predicted octanol–water partition coefficient (Wildman–Crippen LogP) is 10.0. The quantitative estimate of drug-likeness (QED) is 0.122. The minimum absolute atomic E-state index is 0.177. The Morgan fingerprint density at radius 2 is 1.47 bits per heavy atom. The summed E-state index contributed by atoms with van der Waals surface area (Å²) in [5, 5.41) is 19.1. The Balaban J connectivity index is 1.87. The van der Waals surface area contributed by atoms with E-state index in [1.807, 2.05) is 18.2 Å². The van der Waals surface area contributed by atoms with Crippen molar-refractivity contribution >= 4 is 0 Å². The molecule has 2 rings (SSSR count). The van der Waals surface area contributed by atoms with Crippen LogP contribution in [0.3, 0.4) is 0 Å². The standard InChI is InChI=1S/C34H51N3O/c1-4-5-6-7-8-9-10-11-12-16-26-34(29-35,31-20-14-13-15-21-31)27-18-22-32(37-36-2)25-24-30-19-17-23-33(28-30)38-3/h13-15,17,19-21,23,28,32H,4-12,16,18,22,24-27H2,1-3H3. The zero-order valence-corrected chi connectivity index (χ0v) is 24.3. The highest BCUT2D eigenvalue weighted by atomic mass is 16.5. The smallest absolute Gasteiger partial charge is 0.119 e. The fourth-order valence-electron chi connectivity index (χ4n) is 5.49. The van der Waals surface area contributed by atoms with Crippen molar-refractivity contribution in [1.29, 1.82) is 5.26 Å². The van der Waals surface area contributed by atoms with Gasteiger partial charge in [0.05, 0.1) is 24.6 Å². The van der Waals surface area contributed by atoms with E-state index in [4.69, 9.17) is 4.74 Å². The molecule has 0 aromatic heterocycles. The maximum Gasteiger partial charge on any atom is 0.119 e. The van der Waals surface area contributed by atoms with Crippen LogP contribution in [0, 0.1) is 11.3 Å². The van der Waals surface area contributed by atoms with Gasteiger partial charge in [0.1, 0.15) is 5.75 Å². The molecule has 208 valence electrons. The summed E-state index contributed by atoms with van der Waals surface area (Å²) in [4.78, 5) is 0. The van der Waals surface area contributed by atoms with Gasteiger partial charge in [-0.1, -0.05) is 114 Å². The molecule has 4 nitrogen and oxygen atoms in total. The molecule has 0 N–H and O–H groups in total. The number of ether oxygens (including phenoxy) is 1. The average Bonchev–Trinajstić information content (AvgIpc) is 2.96. The number of hydrogen-bond acceptors (Lipinski definition) is 4. The first-order chi connectivity index (χ1) is 18.7. The number of aryl methyl sites for hydroxylation is 1. The summed E-state index contributed by atoms with van der Waals surface area (Å²) in [5.74, 6) is 0.893. The minimum Gasteiger partial charge on any atom is -0.497 e. The van der Waals surface area contributed by atoms with Crippen molar-refractivity contribution in [3.8, 4) is 11.8 Å². The van der Waals surface area contributed by atoms with Crippen molar-refractivity contribution in [3.05, 3.63) is 65.7 Å². The third-order valence-corrected chi connectivity index (χ3v) is 7.82. The number of nitrogens with zero attached hydrogens (tertiary/aromatic N) is 3. The van der Waals surface area contributed by atoms with Crippen molar-refractivity contribution in [1.82, 2.24) is 0 Å². The molecular weight excluding hydrogens is 466 g/mol. The van der Waals surface area contributed by atoms with E-state index in [0.717, 1.165) is 50.7 Å². The molecule has 0 saturated carbocycles. The van der Waals surface area contributed by atoms with Crippen molar-refractivity contribution < 1.29 is 4.74 Å². The Morgan fingerprint density at radius 3 is 2.11 bits per heavy atom. The molecule has 0 aliphatic heterocycles. The first kappa shape index (κ1) is 31.5. The second-order valence-corrected chi connectivity index (χ2v) is 10.7. The lowest BCUT2D eigenvalue weighted by Gasteiger charge is -2.28. The number of azo groups is 1. The number of nitriles is 1. The Hall–Kier alpha value is -2.67. The highest BCUT2D eigenvalue weighted by Gasteiger charge is 2.31. The summed E-state index contributed by atoms with van der Waals surface area (Å²) >= 11 is 0. The van der Waals surface area contributed by atoms with Crippen molar-refractivity contribution in [2.75, 3.05) is 14.2 Å². The summed E-state index contributed by atoms with van der Waals surface area (Å²) in [6.07, 6.45) is 18.8. The van der Waals surface area contributed by atoms with E-state index >= 15 is 0 Å². The molecule has 0 heterocycles. The van der Waals surface area contributed by atoms with Crippen LogP contribution in [-0.4, -0.2) is 20.2 Å². The molecular formula is C34H51N3O. The Bertz CT molecular complexity index is 936. The van der Waals surface area contributed by atoms with Gasteiger partial charge in [-0.3, -0.25) is 0 Å². The summed E-state index contributed by atoms with van der Waals surface area (Å²) in [6, 6.07) is 21.7. The number of unbranched alkanes of at least 4 members (excludes halogenated alkanes) is 9. The second-order valence-electron chi connectivity index (χ2n) is 10.7. The lowest BCUT2D eigenvalue weighted by Crippen LogP contribution is -2.25. The number of benzene rings is 2. The molecule has 2 aromatic carbocycles. The van der Waals surface area contributed by atoms with E-state index in [1.54, 1.807) is 14.2 Å². The van der Waals surface area contributed by atoms with Crippen LogP contribution in [0.2, 0.25) is 0 Å². The monoisotopic (exact) mass is 517 g/mol. The minimum atomic E-state index is -0.415. The van der Waals surface area contributed by atoms with E-state index in [1.165, 1.54) is 68.9 Å². The fourth-order valence-corrected chi connectivity index (χ4v) is 5.49. The number of rotatable bonds is 21. The molecule has 0 fully saturated rings. The van der Waals surface area contributed by atoms with Crippen LogP contribution < -0.4 is 4.74 Å². The molecule has 0 aliphatic rings. The van der Waals surface area contributed by atoms with Gasteiger partial charge in [-0.05, 0) is 61.8 Å². The zero-order valence-electron chi connectivity index (χ0n) is 24.3. The van der Waals surface area contributed by atoms with E-state index in [2.05, 4.69) is 59.6 Å². The number of methoxy groups -OCH3 is 1. The molecule has 4 heteroatoms. The Kier molecular flexibility index (Phi) is 16.1. The van der Waals surface area contributed by atoms with E-state index in [0.29, 0.717) is 0 Å². The van der Waals surface area contributed by atoms with Gasteiger partial charge in [0.2, 0.25) is 0 Å². The maximum atomic E-state index is 10.4. The lowest BCUT2D eigenvalue weighted by molar-refractivity contribution is 0.399. The molecule has 38 heavy (non-hydrogen) atoms. The van der Waals surface area contributed by atoms with Gasteiger partial charge in [0, 0.05) is 7.05 Å². The van der Waals surface area contributed by atoms with Crippen LogP contribution in [0.5, 0.6) is 5.75 Å². The highest BCUT2D eigenvalue weighted by molar-refractivity contribution is 5.32. The van der Waals surface area contributed by atoms with Crippen LogP contribution in [0.15, 0.2) is 64.8 Å². The average molecular weight is 518 g/mol. The van der Waals surface area contributed by atoms with Crippen LogP contribution in [-0.2, 0) is 11.8 Å². The molecule has 2 aromatic rings. The first-order valence-electron chi connectivity index (χ1n) is 15.1. The van der Waals surface area contributed by atoms with Crippen molar-refractivity contribution in [2.24, 2.45) is 10.2 Å². The SMILES string of the molecule is CCCCCCCCCCCCC(C#N)(CCCC(CCc1cccc(OC)c1)N=NC)c1ccccc1. The Morgan fingerprint density at radius 1 is 0.816 bits per heavy atom. The van der Waals surface area contributed by atoms with Gasteiger partial charge in [-0.25, -0.2) is 0 Å². The first-order valence-corrected chi connectivity index (χ1v) is 15.1. The normalized spacial score (nSPS) is 13.7. The van der Waals surface area contributed by atoms with Crippen LogP contribution in [0.4, 0.5) is 0 Å². The summed E-state index contributed by atoms with van der Waals surface area (Å²) < 4.78 is 5.37. The molecule has 0 saturated heterocycles. The van der Waals surface area contributed by atoms with Gasteiger partial charge in [-0.15, -0.1) is 0 Å². The van der Waals surface area contributed by atoms with E-state index in [-0.39, 0.29) is 6.04 Å². The van der Waals surface area contributed by atoms with Gasteiger partial charge in [-0.2, -0.15) is 15.5 Å². The van der Waals surface area contributed by atoms with Crippen LogP contribution in [0.1, 0.15) is 114 Å². The maximum absolute atomic E-state index is 10.4. The van der Waals surface area contributed by atoms with Crippen molar-refractivity contribution in [2.45, 2.75) is 121 Å². The Labute approximate surface area is 232 Å². The molecule has 2 atom stereocenters. The van der Waals surface area contributed by atoms with Gasteiger partial charge in [0.15, 0.2) is 0 Å². The topological polar surface area (TPSA) is 57.7 Å². The largest absolute Gasteiger partial charge is 0.497 e. The molecule has 0 amide bonds. The zero-order chi connectivity index (χ0) is 27.3. The van der Waals surface area contributed by atoms with Gasteiger partial charge in [0.25, 0.3) is 0 Å². The molecule has 0 radical (unpaired) electrons. The van der Waals surface area contributed by atoms with E-state index in [9.17, 15) is 5.26 Å². The van der Waals surface area contributed by atoms with E-state index < -0.39 is 5.41 Å². The third kappa shape index (κ3) is 11.8. The fraction of sp³-hybridized carbons (Fsp3) is 0.618. The lowest BCUT2D eigenvalue weighted by atomic mass is 9.73. The highest BCUT2D eigenvalue weighted by Crippen LogP contribution is 2.36.